The first kappa shape index (κ1) is 15.7. The lowest BCUT2D eigenvalue weighted by molar-refractivity contribution is 0.195. The van der Waals surface area contributed by atoms with Crippen LogP contribution in [-0.4, -0.2) is 42.9 Å². The second kappa shape index (κ2) is 8.70. The van der Waals surface area contributed by atoms with Crippen molar-refractivity contribution in [1.29, 1.82) is 0 Å². The molecule has 0 atom stereocenters. The summed E-state index contributed by atoms with van der Waals surface area (Å²) in [4.78, 5) is 2.42. The maximum absolute atomic E-state index is 5.55. The molecule has 1 fully saturated rings. The number of hydrogen-bond acceptors (Lipinski definition) is 2. The third kappa shape index (κ3) is 5.53. The number of methoxy groups -OCH3 is 1. The average Bonchev–Trinajstić information content (AvgIpc) is 2.84. The maximum Gasteiger partial charge on any atom is 0.169 e. The van der Waals surface area contributed by atoms with Crippen molar-refractivity contribution in [3.8, 4) is 0 Å². The molecule has 0 aromatic carbocycles. The summed E-state index contributed by atoms with van der Waals surface area (Å²) in [5, 5.41) is 4.31. The van der Waals surface area contributed by atoms with E-state index in [9.17, 15) is 0 Å². The van der Waals surface area contributed by atoms with E-state index < -0.39 is 0 Å². The van der Waals surface area contributed by atoms with Crippen molar-refractivity contribution in [2.75, 3.05) is 26.8 Å². The molecule has 0 saturated heterocycles. The summed E-state index contributed by atoms with van der Waals surface area (Å²) in [5.74, 6) is 0.657. The smallest absolute Gasteiger partial charge is 0.169 e. The van der Waals surface area contributed by atoms with E-state index >= 15 is 0 Å². The SMILES string of the molecule is COCCCNC(=S)N(CC(C)C)C1CCCC1. The number of rotatable bonds is 7. The number of hydrogen-bond donors (Lipinski definition) is 1. The van der Waals surface area contributed by atoms with Gasteiger partial charge in [0.05, 0.1) is 0 Å². The molecule has 0 heterocycles. The van der Waals surface area contributed by atoms with Crippen LogP contribution in [0.5, 0.6) is 0 Å². The normalized spacial score (nSPS) is 16.2. The van der Waals surface area contributed by atoms with Crippen molar-refractivity contribution in [1.82, 2.24) is 10.2 Å². The number of nitrogens with one attached hydrogen (secondary N) is 1. The van der Waals surface area contributed by atoms with Gasteiger partial charge in [0.2, 0.25) is 0 Å². The Kier molecular flexibility index (Phi) is 7.59. The highest BCUT2D eigenvalue weighted by molar-refractivity contribution is 7.80. The van der Waals surface area contributed by atoms with E-state index in [4.69, 9.17) is 17.0 Å². The summed E-state index contributed by atoms with van der Waals surface area (Å²) >= 11 is 5.55. The Balaban J connectivity index is 2.39. The molecule has 0 radical (unpaired) electrons. The van der Waals surface area contributed by atoms with Crippen molar-refractivity contribution in [3.05, 3.63) is 0 Å². The van der Waals surface area contributed by atoms with Gasteiger partial charge < -0.3 is 15.0 Å². The highest BCUT2D eigenvalue weighted by atomic mass is 32.1. The highest BCUT2D eigenvalue weighted by Gasteiger charge is 2.24. The Morgan fingerprint density at radius 1 is 1.39 bits per heavy atom. The lowest BCUT2D eigenvalue weighted by Gasteiger charge is -2.33. The van der Waals surface area contributed by atoms with E-state index in [-0.39, 0.29) is 0 Å². The first-order valence-electron chi connectivity index (χ1n) is 7.18. The molecule has 1 rings (SSSR count). The van der Waals surface area contributed by atoms with Gasteiger partial charge in [0.15, 0.2) is 5.11 Å². The van der Waals surface area contributed by atoms with Crippen LogP contribution in [0, 0.1) is 5.92 Å². The largest absolute Gasteiger partial charge is 0.385 e. The zero-order chi connectivity index (χ0) is 13.4. The average molecular weight is 272 g/mol. The maximum atomic E-state index is 5.55. The molecule has 4 heteroatoms. The van der Waals surface area contributed by atoms with Gasteiger partial charge in [-0.1, -0.05) is 26.7 Å². The monoisotopic (exact) mass is 272 g/mol. The molecule has 0 aromatic rings. The Bertz CT molecular complexity index is 240. The molecule has 0 unspecified atom stereocenters. The topological polar surface area (TPSA) is 24.5 Å². The third-order valence-electron chi connectivity index (χ3n) is 3.39. The fourth-order valence-electron chi connectivity index (χ4n) is 2.52. The Morgan fingerprint density at radius 3 is 2.61 bits per heavy atom. The van der Waals surface area contributed by atoms with E-state index in [1.54, 1.807) is 7.11 Å². The van der Waals surface area contributed by atoms with Gasteiger partial charge >= 0.3 is 0 Å². The van der Waals surface area contributed by atoms with Crippen molar-refractivity contribution < 1.29 is 4.74 Å². The van der Waals surface area contributed by atoms with Crippen LogP contribution in [-0.2, 0) is 4.74 Å². The predicted molar refractivity (Wildman–Crippen MR) is 80.9 cm³/mol. The molecule has 1 aliphatic rings. The molecule has 1 saturated carbocycles. The van der Waals surface area contributed by atoms with E-state index in [1.807, 2.05) is 0 Å². The van der Waals surface area contributed by atoms with Gasteiger partial charge in [0, 0.05) is 32.8 Å². The van der Waals surface area contributed by atoms with Crippen molar-refractivity contribution in [3.63, 3.8) is 0 Å². The second-order valence-electron chi connectivity index (χ2n) is 5.56. The minimum Gasteiger partial charge on any atom is -0.385 e. The fraction of sp³-hybridized carbons (Fsp3) is 0.929. The summed E-state index contributed by atoms with van der Waals surface area (Å²) in [6, 6.07) is 0.662. The van der Waals surface area contributed by atoms with Crippen molar-refractivity contribution >= 4 is 17.3 Å². The molecule has 1 N–H and O–H groups in total. The van der Waals surface area contributed by atoms with Gasteiger partial charge in [0.1, 0.15) is 0 Å². The zero-order valence-corrected chi connectivity index (χ0v) is 12.9. The summed E-state index contributed by atoms with van der Waals surface area (Å²) in [5.41, 5.74) is 0. The van der Waals surface area contributed by atoms with Crippen LogP contribution in [0.15, 0.2) is 0 Å². The number of nitrogens with zero attached hydrogens (tertiary/aromatic N) is 1. The van der Waals surface area contributed by atoms with Gasteiger partial charge in [0.25, 0.3) is 0 Å². The number of thiocarbonyl (C=S) groups is 1. The third-order valence-corrected chi connectivity index (χ3v) is 3.77. The Morgan fingerprint density at radius 2 is 2.06 bits per heavy atom. The minimum atomic E-state index is 0.657. The zero-order valence-electron chi connectivity index (χ0n) is 12.1. The molecule has 1 aliphatic carbocycles. The van der Waals surface area contributed by atoms with Crippen molar-refractivity contribution in [2.45, 2.75) is 52.0 Å². The van der Waals surface area contributed by atoms with Crippen LogP contribution >= 0.6 is 12.2 Å². The van der Waals surface area contributed by atoms with Crippen LogP contribution in [0.2, 0.25) is 0 Å². The summed E-state index contributed by atoms with van der Waals surface area (Å²) in [7, 11) is 1.74. The quantitative estimate of drug-likeness (QED) is 0.569. The van der Waals surface area contributed by atoms with Crippen LogP contribution < -0.4 is 5.32 Å². The lowest BCUT2D eigenvalue weighted by atomic mass is 10.1. The molecule has 3 nitrogen and oxygen atoms in total. The van der Waals surface area contributed by atoms with E-state index in [0.29, 0.717) is 12.0 Å². The van der Waals surface area contributed by atoms with Gasteiger partial charge in [-0.05, 0) is 37.4 Å². The van der Waals surface area contributed by atoms with E-state index in [1.165, 1.54) is 25.7 Å². The molecule has 0 spiro atoms. The molecule has 0 aliphatic heterocycles. The van der Waals surface area contributed by atoms with Gasteiger partial charge in [-0.3, -0.25) is 0 Å². The van der Waals surface area contributed by atoms with Crippen LogP contribution in [0.3, 0.4) is 0 Å². The van der Waals surface area contributed by atoms with E-state index in [2.05, 4.69) is 24.1 Å². The molecule has 18 heavy (non-hydrogen) atoms. The van der Waals surface area contributed by atoms with Crippen LogP contribution in [0.25, 0.3) is 0 Å². The fourth-order valence-corrected chi connectivity index (χ4v) is 2.85. The first-order chi connectivity index (χ1) is 8.65. The minimum absolute atomic E-state index is 0.657. The first-order valence-corrected chi connectivity index (χ1v) is 7.59. The van der Waals surface area contributed by atoms with Gasteiger partial charge in [-0.15, -0.1) is 0 Å². The van der Waals surface area contributed by atoms with Gasteiger partial charge in [-0.25, -0.2) is 0 Å². The lowest BCUT2D eigenvalue weighted by Crippen LogP contribution is -2.47. The van der Waals surface area contributed by atoms with E-state index in [0.717, 1.165) is 31.2 Å². The molecule has 0 aromatic heterocycles. The number of ether oxygens (including phenoxy) is 1. The summed E-state index contributed by atoms with van der Waals surface area (Å²) in [6.45, 7) is 7.29. The predicted octanol–water partition coefficient (Wildman–Crippen LogP) is 2.80. The van der Waals surface area contributed by atoms with Gasteiger partial charge in [-0.2, -0.15) is 0 Å². The molecule has 106 valence electrons. The molecule has 0 amide bonds. The molecular formula is C14H28N2OS. The van der Waals surface area contributed by atoms with Crippen LogP contribution in [0.4, 0.5) is 0 Å². The standard InChI is InChI=1S/C14H28N2OS/c1-12(2)11-16(13-7-4-5-8-13)14(18)15-9-6-10-17-3/h12-13H,4-11H2,1-3H3,(H,15,18). The Hall–Kier alpha value is -0.350. The summed E-state index contributed by atoms with van der Waals surface area (Å²) in [6.07, 6.45) is 6.31. The van der Waals surface area contributed by atoms with Crippen LogP contribution in [0.1, 0.15) is 46.0 Å². The molecular weight excluding hydrogens is 244 g/mol. The highest BCUT2D eigenvalue weighted by Crippen LogP contribution is 2.24. The Labute approximate surface area is 117 Å². The second-order valence-corrected chi connectivity index (χ2v) is 5.95. The van der Waals surface area contributed by atoms with Crippen molar-refractivity contribution in [2.24, 2.45) is 5.92 Å². The summed E-state index contributed by atoms with van der Waals surface area (Å²) < 4.78 is 5.05. The molecule has 0 bridgehead atoms.